The van der Waals surface area contributed by atoms with Crippen molar-refractivity contribution >= 4 is 11.6 Å². The van der Waals surface area contributed by atoms with Crippen LogP contribution in [0.1, 0.15) is 37.1 Å². The summed E-state index contributed by atoms with van der Waals surface area (Å²) in [6, 6.07) is 5.84. The van der Waals surface area contributed by atoms with Crippen molar-refractivity contribution in [1.29, 1.82) is 0 Å². The Hall–Kier alpha value is -0.890. The summed E-state index contributed by atoms with van der Waals surface area (Å²) >= 11 is 6.68. The number of hydrogen-bond acceptors (Lipinski definition) is 2. The van der Waals surface area contributed by atoms with E-state index in [0.717, 1.165) is 17.1 Å². The third kappa shape index (κ3) is 2.59. The number of alkyl halides is 1. The molecular weight excluding hydrogens is 248 g/mol. The van der Waals surface area contributed by atoms with Crippen LogP contribution >= 0.6 is 11.6 Å². The van der Waals surface area contributed by atoms with Gasteiger partial charge >= 0.3 is 0 Å². The first-order valence-electron chi connectivity index (χ1n) is 6.53. The van der Waals surface area contributed by atoms with Crippen LogP contribution in [-0.4, -0.2) is 14.2 Å². The summed E-state index contributed by atoms with van der Waals surface area (Å²) in [4.78, 5) is 0. The van der Waals surface area contributed by atoms with Crippen molar-refractivity contribution in [2.24, 2.45) is 11.8 Å². The summed E-state index contributed by atoms with van der Waals surface area (Å²) < 4.78 is 10.7. The van der Waals surface area contributed by atoms with Crippen LogP contribution in [0.25, 0.3) is 0 Å². The van der Waals surface area contributed by atoms with E-state index in [1.807, 2.05) is 18.2 Å². The van der Waals surface area contributed by atoms with Gasteiger partial charge in [0.15, 0.2) is 0 Å². The molecule has 0 N–H and O–H groups in total. The van der Waals surface area contributed by atoms with Gasteiger partial charge < -0.3 is 9.47 Å². The topological polar surface area (TPSA) is 18.5 Å². The molecule has 0 heterocycles. The van der Waals surface area contributed by atoms with E-state index in [1.165, 1.54) is 19.3 Å². The van der Waals surface area contributed by atoms with Crippen LogP contribution in [0.3, 0.4) is 0 Å². The van der Waals surface area contributed by atoms with E-state index in [2.05, 4.69) is 6.92 Å². The van der Waals surface area contributed by atoms with Gasteiger partial charge in [-0.15, -0.1) is 11.6 Å². The van der Waals surface area contributed by atoms with Gasteiger partial charge in [0, 0.05) is 5.56 Å². The van der Waals surface area contributed by atoms with Gasteiger partial charge in [-0.05, 0) is 36.5 Å². The molecule has 3 atom stereocenters. The summed E-state index contributed by atoms with van der Waals surface area (Å²) in [6.07, 6.45) is 3.76. The summed E-state index contributed by atoms with van der Waals surface area (Å²) in [7, 11) is 3.36. The molecule has 1 aromatic rings. The first kappa shape index (κ1) is 13.5. The number of methoxy groups -OCH3 is 2. The molecular formula is C15H21ClO2. The van der Waals surface area contributed by atoms with Crippen LogP contribution in [0.5, 0.6) is 11.5 Å². The summed E-state index contributed by atoms with van der Waals surface area (Å²) in [5.74, 6) is 2.91. The predicted octanol–water partition coefficient (Wildman–Crippen LogP) is 4.42. The molecule has 3 heteroatoms. The number of rotatable bonds is 4. The average Bonchev–Trinajstić information content (AvgIpc) is 2.83. The van der Waals surface area contributed by atoms with Gasteiger partial charge in [0.2, 0.25) is 0 Å². The Bertz CT molecular complexity index is 405. The van der Waals surface area contributed by atoms with E-state index >= 15 is 0 Å². The van der Waals surface area contributed by atoms with Crippen molar-refractivity contribution in [3.8, 4) is 11.5 Å². The molecule has 2 rings (SSSR count). The molecule has 0 saturated heterocycles. The smallest absolute Gasteiger partial charge is 0.123 e. The van der Waals surface area contributed by atoms with E-state index in [0.29, 0.717) is 11.8 Å². The molecule has 2 nitrogen and oxygen atoms in total. The molecule has 0 radical (unpaired) electrons. The highest BCUT2D eigenvalue weighted by molar-refractivity contribution is 6.21. The third-order valence-corrected chi connectivity index (χ3v) is 4.60. The minimum atomic E-state index is 0.00699. The molecule has 0 bridgehead atoms. The molecule has 18 heavy (non-hydrogen) atoms. The van der Waals surface area contributed by atoms with Crippen LogP contribution in [0.2, 0.25) is 0 Å². The number of hydrogen-bond donors (Lipinski definition) is 0. The first-order valence-corrected chi connectivity index (χ1v) is 6.97. The maximum Gasteiger partial charge on any atom is 0.123 e. The van der Waals surface area contributed by atoms with Crippen molar-refractivity contribution in [1.82, 2.24) is 0 Å². The van der Waals surface area contributed by atoms with Gasteiger partial charge in [0.05, 0.1) is 19.6 Å². The van der Waals surface area contributed by atoms with Gasteiger partial charge in [-0.3, -0.25) is 0 Å². The lowest BCUT2D eigenvalue weighted by Crippen LogP contribution is -2.12. The Morgan fingerprint density at radius 2 is 2.00 bits per heavy atom. The standard InChI is InChI=1S/C15H21ClO2/c1-10-5-4-6-12(10)15(16)13-9-11(17-2)7-8-14(13)18-3/h7-10,12,15H,4-6H2,1-3H3. The van der Waals surface area contributed by atoms with Crippen molar-refractivity contribution in [2.75, 3.05) is 14.2 Å². The Morgan fingerprint density at radius 1 is 1.22 bits per heavy atom. The second kappa shape index (κ2) is 5.83. The van der Waals surface area contributed by atoms with Gasteiger partial charge in [0.25, 0.3) is 0 Å². The average molecular weight is 269 g/mol. The maximum atomic E-state index is 6.68. The SMILES string of the molecule is COc1ccc(OC)c(C(Cl)C2CCCC2C)c1. The molecule has 1 aromatic carbocycles. The van der Waals surface area contributed by atoms with Crippen LogP contribution in [0, 0.1) is 11.8 Å². The Balaban J connectivity index is 2.29. The second-order valence-corrected chi connectivity index (χ2v) is 5.55. The Morgan fingerprint density at radius 3 is 2.56 bits per heavy atom. The molecule has 3 unspecified atom stereocenters. The summed E-state index contributed by atoms with van der Waals surface area (Å²) in [5.41, 5.74) is 1.05. The van der Waals surface area contributed by atoms with Crippen molar-refractivity contribution in [2.45, 2.75) is 31.6 Å². The van der Waals surface area contributed by atoms with Crippen molar-refractivity contribution < 1.29 is 9.47 Å². The minimum absolute atomic E-state index is 0.00699. The predicted molar refractivity (Wildman–Crippen MR) is 74.6 cm³/mol. The molecule has 0 aromatic heterocycles. The zero-order valence-electron chi connectivity index (χ0n) is 11.3. The van der Waals surface area contributed by atoms with Gasteiger partial charge in [0.1, 0.15) is 11.5 Å². The van der Waals surface area contributed by atoms with Gasteiger partial charge in [-0.1, -0.05) is 19.8 Å². The van der Waals surface area contributed by atoms with Crippen LogP contribution in [0.4, 0.5) is 0 Å². The number of halogens is 1. The van der Waals surface area contributed by atoms with Crippen molar-refractivity contribution in [3.63, 3.8) is 0 Å². The van der Waals surface area contributed by atoms with Crippen LogP contribution < -0.4 is 9.47 Å². The van der Waals surface area contributed by atoms with E-state index in [9.17, 15) is 0 Å². The van der Waals surface area contributed by atoms with Gasteiger partial charge in [-0.25, -0.2) is 0 Å². The summed E-state index contributed by atoms with van der Waals surface area (Å²) in [5, 5.41) is 0.00699. The van der Waals surface area contributed by atoms with E-state index in [-0.39, 0.29) is 5.38 Å². The fraction of sp³-hybridized carbons (Fsp3) is 0.600. The molecule has 1 aliphatic rings. The summed E-state index contributed by atoms with van der Waals surface area (Å²) in [6.45, 7) is 2.29. The highest BCUT2D eigenvalue weighted by atomic mass is 35.5. The lowest BCUT2D eigenvalue weighted by Gasteiger charge is -2.23. The van der Waals surface area contributed by atoms with E-state index in [1.54, 1.807) is 14.2 Å². The quantitative estimate of drug-likeness (QED) is 0.753. The lowest BCUT2D eigenvalue weighted by molar-refractivity contribution is 0.374. The molecule has 0 amide bonds. The fourth-order valence-corrected chi connectivity index (χ4v) is 3.44. The molecule has 1 fully saturated rings. The minimum Gasteiger partial charge on any atom is -0.497 e. The Kier molecular flexibility index (Phi) is 4.39. The lowest BCUT2D eigenvalue weighted by atomic mass is 9.90. The molecule has 100 valence electrons. The normalized spacial score (nSPS) is 24.9. The third-order valence-electron chi connectivity index (χ3n) is 4.04. The molecule has 1 aliphatic carbocycles. The zero-order chi connectivity index (χ0) is 13.1. The van der Waals surface area contributed by atoms with Crippen molar-refractivity contribution in [3.05, 3.63) is 23.8 Å². The van der Waals surface area contributed by atoms with E-state index in [4.69, 9.17) is 21.1 Å². The highest BCUT2D eigenvalue weighted by Crippen LogP contribution is 2.46. The second-order valence-electron chi connectivity index (χ2n) is 5.08. The monoisotopic (exact) mass is 268 g/mol. The fourth-order valence-electron chi connectivity index (χ4n) is 2.89. The van der Waals surface area contributed by atoms with Crippen LogP contribution in [0.15, 0.2) is 18.2 Å². The maximum absolute atomic E-state index is 6.68. The van der Waals surface area contributed by atoms with Crippen LogP contribution in [-0.2, 0) is 0 Å². The number of ether oxygens (including phenoxy) is 2. The van der Waals surface area contributed by atoms with E-state index < -0.39 is 0 Å². The Labute approximate surface area is 114 Å². The largest absolute Gasteiger partial charge is 0.497 e. The highest BCUT2D eigenvalue weighted by Gasteiger charge is 2.32. The molecule has 1 saturated carbocycles. The number of benzene rings is 1. The van der Waals surface area contributed by atoms with Gasteiger partial charge in [-0.2, -0.15) is 0 Å². The molecule has 0 spiro atoms. The zero-order valence-corrected chi connectivity index (χ0v) is 12.0. The molecule has 0 aliphatic heterocycles. The first-order chi connectivity index (χ1) is 8.67.